The van der Waals surface area contributed by atoms with E-state index in [1.807, 2.05) is 4.90 Å². The van der Waals surface area contributed by atoms with Crippen LogP contribution in [0.25, 0.3) is 0 Å². The van der Waals surface area contributed by atoms with Crippen LogP contribution in [0.5, 0.6) is 0 Å². The summed E-state index contributed by atoms with van der Waals surface area (Å²) in [5.74, 6) is -0.154. The topological polar surface area (TPSA) is 46.6 Å². The van der Waals surface area contributed by atoms with Gasteiger partial charge in [0.1, 0.15) is 0 Å². The molecular formula is C15H23NO3. The number of ether oxygens (including phenoxy) is 1. The lowest BCUT2D eigenvalue weighted by atomic mass is 9.95. The molecule has 106 valence electrons. The van der Waals surface area contributed by atoms with E-state index >= 15 is 0 Å². The number of rotatable bonds is 3. The summed E-state index contributed by atoms with van der Waals surface area (Å²) in [4.78, 5) is 25.6. The second kappa shape index (κ2) is 6.73. The van der Waals surface area contributed by atoms with Crippen molar-refractivity contribution in [1.29, 1.82) is 0 Å². The number of methoxy groups -OCH3 is 1. The van der Waals surface area contributed by atoms with Gasteiger partial charge < -0.3 is 9.64 Å². The van der Waals surface area contributed by atoms with Gasteiger partial charge in [0, 0.05) is 19.5 Å². The highest BCUT2D eigenvalue weighted by atomic mass is 16.5. The van der Waals surface area contributed by atoms with E-state index in [4.69, 9.17) is 4.74 Å². The average Bonchev–Trinajstić information content (AvgIpc) is 2.47. The van der Waals surface area contributed by atoms with Crippen LogP contribution in [-0.4, -0.2) is 37.0 Å². The Hall–Kier alpha value is -1.32. The molecule has 0 N–H and O–H groups in total. The van der Waals surface area contributed by atoms with Crippen molar-refractivity contribution in [3.8, 4) is 0 Å². The zero-order chi connectivity index (χ0) is 13.7. The number of piperidine rings is 1. The van der Waals surface area contributed by atoms with Crippen molar-refractivity contribution in [2.45, 2.75) is 44.9 Å². The highest BCUT2D eigenvalue weighted by Gasteiger charge is 2.29. The smallest absolute Gasteiger partial charge is 0.310 e. The van der Waals surface area contributed by atoms with E-state index in [0.717, 1.165) is 32.2 Å². The summed E-state index contributed by atoms with van der Waals surface area (Å²) in [7, 11) is 1.41. The summed E-state index contributed by atoms with van der Waals surface area (Å²) >= 11 is 0. The predicted octanol–water partition coefficient (Wildman–Crippen LogP) is 2.29. The van der Waals surface area contributed by atoms with Crippen molar-refractivity contribution < 1.29 is 14.3 Å². The normalized spacial score (nSPS) is 23.7. The van der Waals surface area contributed by atoms with E-state index < -0.39 is 0 Å². The van der Waals surface area contributed by atoms with Gasteiger partial charge in [0.2, 0.25) is 5.91 Å². The summed E-state index contributed by atoms with van der Waals surface area (Å²) in [5, 5.41) is 0. The second-order valence-electron chi connectivity index (χ2n) is 5.49. The lowest BCUT2D eigenvalue weighted by Gasteiger charge is -2.31. The third kappa shape index (κ3) is 3.82. The Balaban J connectivity index is 1.88. The molecule has 2 aliphatic rings. The van der Waals surface area contributed by atoms with Crippen LogP contribution in [0.15, 0.2) is 11.6 Å². The molecule has 0 spiro atoms. The molecular weight excluding hydrogens is 242 g/mol. The van der Waals surface area contributed by atoms with E-state index in [0.29, 0.717) is 13.0 Å². The molecule has 1 saturated heterocycles. The van der Waals surface area contributed by atoms with Crippen LogP contribution in [-0.2, 0) is 14.3 Å². The molecule has 0 radical (unpaired) electrons. The summed E-state index contributed by atoms with van der Waals surface area (Å²) in [6.45, 7) is 1.30. The number of hydrogen-bond donors (Lipinski definition) is 0. The molecule has 1 aliphatic heterocycles. The zero-order valence-electron chi connectivity index (χ0n) is 11.7. The van der Waals surface area contributed by atoms with E-state index in [-0.39, 0.29) is 17.8 Å². The molecule has 4 nitrogen and oxygen atoms in total. The SMILES string of the molecule is COC(=O)[C@H]1CCCN(C(=O)CC2=CCCCC2)C1. The van der Waals surface area contributed by atoms with Gasteiger partial charge in [-0.1, -0.05) is 11.6 Å². The minimum atomic E-state index is -0.186. The summed E-state index contributed by atoms with van der Waals surface area (Å²) < 4.78 is 4.78. The van der Waals surface area contributed by atoms with Gasteiger partial charge >= 0.3 is 5.97 Å². The standard InChI is InChI=1S/C15H23NO3/c1-19-15(18)13-8-5-9-16(11-13)14(17)10-12-6-3-2-4-7-12/h6,13H,2-5,7-11H2,1H3/t13-/m0/s1. The van der Waals surface area contributed by atoms with Crippen LogP contribution in [0.4, 0.5) is 0 Å². The lowest BCUT2D eigenvalue weighted by Crippen LogP contribution is -2.42. The molecule has 1 aliphatic carbocycles. The summed E-state index contributed by atoms with van der Waals surface area (Å²) in [6, 6.07) is 0. The molecule has 1 amide bonds. The third-order valence-corrected chi connectivity index (χ3v) is 4.07. The molecule has 0 unspecified atom stereocenters. The maximum Gasteiger partial charge on any atom is 0.310 e. The molecule has 0 aromatic heterocycles. The van der Waals surface area contributed by atoms with Crippen LogP contribution >= 0.6 is 0 Å². The number of allylic oxidation sites excluding steroid dienone is 1. The number of carbonyl (C=O) groups is 2. The van der Waals surface area contributed by atoms with E-state index in [9.17, 15) is 9.59 Å². The Morgan fingerprint density at radius 1 is 1.37 bits per heavy atom. The van der Waals surface area contributed by atoms with Crippen molar-refractivity contribution in [2.24, 2.45) is 5.92 Å². The van der Waals surface area contributed by atoms with Gasteiger partial charge in [0.15, 0.2) is 0 Å². The lowest BCUT2D eigenvalue weighted by molar-refractivity contribution is -0.148. The summed E-state index contributed by atoms with van der Waals surface area (Å²) in [5.41, 5.74) is 1.27. The van der Waals surface area contributed by atoms with Gasteiger partial charge in [0.25, 0.3) is 0 Å². The van der Waals surface area contributed by atoms with Gasteiger partial charge in [-0.2, -0.15) is 0 Å². The van der Waals surface area contributed by atoms with Gasteiger partial charge in [-0.05, 0) is 38.5 Å². The maximum atomic E-state index is 12.3. The van der Waals surface area contributed by atoms with Crippen molar-refractivity contribution >= 4 is 11.9 Å². The first-order valence-corrected chi connectivity index (χ1v) is 7.24. The van der Waals surface area contributed by atoms with Gasteiger partial charge in [-0.3, -0.25) is 9.59 Å². The minimum Gasteiger partial charge on any atom is -0.469 e. The Morgan fingerprint density at radius 3 is 2.89 bits per heavy atom. The molecule has 1 fully saturated rings. The molecule has 0 aromatic rings. The molecule has 0 aromatic carbocycles. The third-order valence-electron chi connectivity index (χ3n) is 4.07. The Labute approximate surface area is 114 Å². The molecule has 0 bridgehead atoms. The Bertz CT molecular complexity index is 376. The highest BCUT2D eigenvalue weighted by molar-refractivity contribution is 5.80. The second-order valence-corrected chi connectivity index (χ2v) is 5.49. The molecule has 1 heterocycles. The van der Waals surface area contributed by atoms with E-state index in [1.165, 1.54) is 25.5 Å². The average molecular weight is 265 g/mol. The number of carbonyl (C=O) groups excluding carboxylic acids is 2. The van der Waals surface area contributed by atoms with Gasteiger partial charge in [0.05, 0.1) is 13.0 Å². The first-order valence-electron chi connectivity index (χ1n) is 7.24. The Morgan fingerprint density at radius 2 is 2.21 bits per heavy atom. The highest BCUT2D eigenvalue weighted by Crippen LogP contribution is 2.23. The minimum absolute atomic E-state index is 0.136. The van der Waals surface area contributed by atoms with Gasteiger partial charge in [-0.25, -0.2) is 0 Å². The number of amides is 1. The number of nitrogens with zero attached hydrogens (tertiary/aromatic N) is 1. The maximum absolute atomic E-state index is 12.3. The van der Waals surface area contributed by atoms with Crippen molar-refractivity contribution in [1.82, 2.24) is 4.90 Å². The number of likely N-dealkylation sites (tertiary alicyclic amines) is 1. The summed E-state index contributed by atoms with van der Waals surface area (Å²) in [6.07, 6.45) is 9.07. The largest absolute Gasteiger partial charge is 0.469 e. The fourth-order valence-electron chi connectivity index (χ4n) is 2.93. The first-order chi connectivity index (χ1) is 9.20. The molecule has 0 saturated carbocycles. The molecule has 2 rings (SSSR count). The van der Waals surface area contributed by atoms with E-state index in [2.05, 4.69) is 6.08 Å². The van der Waals surface area contributed by atoms with Crippen molar-refractivity contribution in [2.75, 3.05) is 20.2 Å². The molecule has 1 atom stereocenters. The number of esters is 1. The number of hydrogen-bond acceptors (Lipinski definition) is 3. The monoisotopic (exact) mass is 265 g/mol. The zero-order valence-corrected chi connectivity index (χ0v) is 11.7. The van der Waals surface area contributed by atoms with Crippen LogP contribution in [0.3, 0.4) is 0 Å². The van der Waals surface area contributed by atoms with E-state index in [1.54, 1.807) is 0 Å². The van der Waals surface area contributed by atoms with Crippen molar-refractivity contribution in [3.63, 3.8) is 0 Å². The predicted molar refractivity (Wildman–Crippen MR) is 72.5 cm³/mol. The van der Waals surface area contributed by atoms with Crippen LogP contribution in [0, 0.1) is 5.92 Å². The van der Waals surface area contributed by atoms with Crippen molar-refractivity contribution in [3.05, 3.63) is 11.6 Å². The molecule has 4 heteroatoms. The first kappa shape index (κ1) is 14.1. The molecule has 19 heavy (non-hydrogen) atoms. The van der Waals surface area contributed by atoms with Crippen LogP contribution in [0.1, 0.15) is 44.9 Å². The quantitative estimate of drug-likeness (QED) is 0.581. The van der Waals surface area contributed by atoms with Gasteiger partial charge in [-0.15, -0.1) is 0 Å². The fraction of sp³-hybridized carbons (Fsp3) is 0.733. The Kier molecular flexibility index (Phi) is 5.00. The van der Waals surface area contributed by atoms with Crippen LogP contribution in [0.2, 0.25) is 0 Å². The van der Waals surface area contributed by atoms with Crippen LogP contribution < -0.4 is 0 Å². The fourth-order valence-corrected chi connectivity index (χ4v) is 2.93.